The Morgan fingerprint density at radius 2 is 2.18 bits per heavy atom. The SMILES string of the molecule is Cn1cc(C(O)Cc2ccc(F)cc2F)cn1. The van der Waals surface area contributed by atoms with Crippen LogP contribution in [-0.4, -0.2) is 14.9 Å². The Bertz CT molecular complexity index is 525. The van der Waals surface area contributed by atoms with E-state index in [1.165, 1.54) is 18.3 Å². The molecule has 3 nitrogen and oxygen atoms in total. The second kappa shape index (κ2) is 4.63. The van der Waals surface area contributed by atoms with E-state index in [0.717, 1.165) is 6.07 Å². The first-order valence-electron chi connectivity index (χ1n) is 5.17. The minimum Gasteiger partial charge on any atom is -0.388 e. The number of aryl methyl sites for hydroxylation is 1. The van der Waals surface area contributed by atoms with Crippen molar-refractivity contribution in [1.29, 1.82) is 0 Å². The fourth-order valence-corrected chi connectivity index (χ4v) is 1.63. The molecule has 0 aliphatic rings. The molecule has 0 aliphatic carbocycles. The maximum absolute atomic E-state index is 13.4. The molecule has 0 amide bonds. The number of hydrogen-bond acceptors (Lipinski definition) is 2. The van der Waals surface area contributed by atoms with Gasteiger partial charge in [-0.25, -0.2) is 8.78 Å². The summed E-state index contributed by atoms with van der Waals surface area (Å²) in [5, 5.41) is 13.8. The predicted octanol–water partition coefficient (Wildman–Crippen LogP) is 1.97. The van der Waals surface area contributed by atoms with Crippen molar-refractivity contribution in [2.75, 3.05) is 0 Å². The highest BCUT2D eigenvalue weighted by molar-refractivity contribution is 5.21. The van der Waals surface area contributed by atoms with E-state index in [-0.39, 0.29) is 12.0 Å². The number of hydrogen-bond donors (Lipinski definition) is 1. The average molecular weight is 238 g/mol. The Morgan fingerprint density at radius 1 is 1.41 bits per heavy atom. The molecule has 0 saturated carbocycles. The molecule has 5 heteroatoms. The van der Waals surface area contributed by atoms with Gasteiger partial charge in [-0.05, 0) is 11.6 Å². The molecule has 1 aromatic heterocycles. The molecule has 17 heavy (non-hydrogen) atoms. The predicted molar refractivity (Wildman–Crippen MR) is 58.2 cm³/mol. The number of aromatic nitrogens is 2. The molecule has 0 spiro atoms. The highest BCUT2D eigenvalue weighted by Crippen LogP contribution is 2.19. The van der Waals surface area contributed by atoms with Gasteiger partial charge in [0, 0.05) is 31.3 Å². The maximum atomic E-state index is 13.4. The number of aliphatic hydroxyl groups excluding tert-OH is 1. The highest BCUT2D eigenvalue weighted by atomic mass is 19.1. The highest BCUT2D eigenvalue weighted by Gasteiger charge is 2.13. The Kier molecular flexibility index (Phi) is 3.19. The third kappa shape index (κ3) is 2.68. The van der Waals surface area contributed by atoms with Crippen LogP contribution in [0, 0.1) is 11.6 Å². The van der Waals surface area contributed by atoms with Crippen molar-refractivity contribution in [3.63, 3.8) is 0 Å². The summed E-state index contributed by atoms with van der Waals surface area (Å²) < 4.78 is 27.6. The van der Waals surface area contributed by atoms with Gasteiger partial charge in [-0.2, -0.15) is 5.10 Å². The Labute approximate surface area is 97.3 Å². The van der Waals surface area contributed by atoms with Crippen LogP contribution in [0.4, 0.5) is 8.78 Å². The van der Waals surface area contributed by atoms with Crippen molar-refractivity contribution < 1.29 is 13.9 Å². The first kappa shape index (κ1) is 11.7. The molecule has 0 bridgehead atoms. The van der Waals surface area contributed by atoms with E-state index < -0.39 is 17.7 Å². The molecular formula is C12H12F2N2O. The zero-order valence-electron chi connectivity index (χ0n) is 9.27. The van der Waals surface area contributed by atoms with Gasteiger partial charge in [0.05, 0.1) is 12.3 Å². The standard InChI is InChI=1S/C12H12F2N2O/c1-16-7-9(6-15-16)12(17)4-8-2-3-10(13)5-11(8)14/h2-3,5-7,12,17H,4H2,1H3. The van der Waals surface area contributed by atoms with Crippen molar-refractivity contribution in [1.82, 2.24) is 9.78 Å². The Hall–Kier alpha value is -1.75. The lowest BCUT2D eigenvalue weighted by molar-refractivity contribution is 0.177. The van der Waals surface area contributed by atoms with Crippen molar-refractivity contribution in [3.05, 3.63) is 53.4 Å². The topological polar surface area (TPSA) is 38.0 Å². The number of rotatable bonds is 3. The summed E-state index contributed by atoms with van der Waals surface area (Å²) in [6.07, 6.45) is 2.43. The molecule has 1 N–H and O–H groups in total. The van der Waals surface area contributed by atoms with Gasteiger partial charge in [0.1, 0.15) is 11.6 Å². The smallest absolute Gasteiger partial charge is 0.129 e. The summed E-state index contributed by atoms with van der Waals surface area (Å²) in [6, 6.07) is 3.32. The van der Waals surface area contributed by atoms with Crippen LogP contribution in [0.3, 0.4) is 0 Å². The minimum atomic E-state index is -0.844. The van der Waals surface area contributed by atoms with Gasteiger partial charge < -0.3 is 5.11 Å². The molecule has 2 rings (SSSR count). The molecular weight excluding hydrogens is 226 g/mol. The third-order valence-electron chi connectivity index (χ3n) is 2.54. The van der Waals surface area contributed by atoms with E-state index in [1.807, 2.05) is 0 Å². The van der Waals surface area contributed by atoms with Crippen LogP contribution >= 0.6 is 0 Å². The fourth-order valence-electron chi connectivity index (χ4n) is 1.63. The van der Waals surface area contributed by atoms with E-state index in [2.05, 4.69) is 5.10 Å². The van der Waals surface area contributed by atoms with Gasteiger partial charge in [0.2, 0.25) is 0 Å². The van der Waals surface area contributed by atoms with Gasteiger partial charge in [-0.3, -0.25) is 4.68 Å². The Balaban J connectivity index is 2.15. The largest absolute Gasteiger partial charge is 0.388 e. The van der Waals surface area contributed by atoms with Crippen LogP contribution in [0.15, 0.2) is 30.6 Å². The molecule has 90 valence electrons. The fraction of sp³-hybridized carbons (Fsp3) is 0.250. The molecule has 0 aliphatic heterocycles. The summed E-state index contributed by atoms with van der Waals surface area (Å²) >= 11 is 0. The summed E-state index contributed by atoms with van der Waals surface area (Å²) in [5.41, 5.74) is 0.888. The second-order valence-electron chi connectivity index (χ2n) is 3.90. The Morgan fingerprint density at radius 3 is 2.76 bits per heavy atom. The number of halogens is 2. The van der Waals surface area contributed by atoms with Gasteiger partial charge in [-0.1, -0.05) is 6.07 Å². The van der Waals surface area contributed by atoms with Crippen LogP contribution in [0.1, 0.15) is 17.2 Å². The zero-order valence-corrected chi connectivity index (χ0v) is 9.27. The van der Waals surface area contributed by atoms with E-state index in [4.69, 9.17) is 0 Å². The molecule has 0 radical (unpaired) electrons. The number of benzene rings is 1. The summed E-state index contributed by atoms with van der Waals surface area (Å²) in [7, 11) is 1.73. The lowest BCUT2D eigenvalue weighted by Gasteiger charge is -2.09. The van der Waals surface area contributed by atoms with Crippen molar-refractivity contribution in [2.45, 2.75) is 12.5 Å². The van der Waals surface area contributed by atoms with E-state index in [0.29, 0.717) is 5.56 Å². The monoisotopic (exact) mass is 238 g/mol. The van der Waals surface area contributed by atoms with E-state index in [9.17, 15) is 13.9 Å². The molecule has 1 aromatic carbocycles. The van der Waals surface area contributed by atoms with Crippen LogP contribution in [-0.2, 0) is 13.5 Å². The first-order valence-corrected chi connectivity index (χ1v) is 5.17. The maximum Gasteiger partial charge on any atom is 0.129 e. The minimum absolute atomic E-state index is 0.0950. The van der Waals surface area contributed by atoms with Gasteiger partial charge in [0.25, 0.3) is 0 Å². The van der Waals surface area contributed by atoms with Crippen molar-refractivity contribution in [3.8, 4) is 0 Å². The molecule has 2 aromatic rings. The zero-order chi connectivity index (χ0) is 12.4. The molecule has 0 fully saturated rings. The second-order valence-corrected chi connectivity index (χ2v) is 3.90. The van der Waals surface area contributed by atoms with Gasteiger partial charge in [0.15, 0.2) is 0 Å². The van der Waals surface area contributed by atoms with Crippen LogP contribution in [0.5, 0.6) is 0 Å². The number of nitrogens with zero attached hydrogens (tertiary/aromatic N) is 2. The molecule has 0 saturated heterocycles. The summed E-state index contributed by atoms with van der Waals surface area (Å²) in [6.45, 7) is 0. The summed E-state index contributed by atoms with van der Waals surface area (Å²) in [4.78, 5) is 0. The lowest BCUT2D eigenvalue weighted by atomic mass is 10.0. The molecule has 1 heterocycles. The number of aliphatic hydroxyl groups is 1. The van der Waals surface area contributed by atoms with Crippen LogP contribution in [0.2, 0.25) is 0 Å². The van der Waals surface area contributed by atoms with Crippen LogP contribution < -0.4 is 0 Å². The lowest BCUT2D eigenvalue weighted by Crippen LogP contribution is -2.03. The van der Waals surface area contributed by atoms with Gasteiger partial charge >= 0.3 is 0 Å². The van der Waals surface area contributed by atoms with Crippen molar-refractivity contribution >= 4 is 0 Å². The third-order valence-corrected chi connectivity index (χ3v) is 2.54. The first-order chi connectivity index (χ1) is 8.06. The van der Waals surface area contributed by atoms with E-state index in [1.54, 1.807) is 17.9 Å². The van der Waals surface area contributed by atoms with E-state index >= 15 is 0 Å². The quantitative estimate of drug-likeness (QED) is 0.887. The molecule has 1 atom stereocenters. The normalized spacial score (nSPS) is 12.7. The van der Waals surface area contributed by atoms with Crippen LogP contribution in [0.25, 0.3) is 0 Å². The summed E-state index contributed by atoms with van der Waals surface area (Å²) in [5.74, 6) is -1.27. The average Bonchev–Trinajstić information content (AvgIpc) is 2.69. The molecule has 1 unspecified atom stereocenters. The van der Waals surface area contributed by atoms with Gasteiger partial charge in [-0.15, -0.1) is 0 Å². The van der Waals surface area contributed by atoms with Crippen molar-refractivity contribution in [2.24, 2.45) is 7.05 Å².